The SMILES string of the molecule is N#CC(=Cc1cccn1-c1ccc(O)cc1)C(=O)Nc1ccccc1Cl. The molecule has 0 unspecified atom stereocenters. The first-order chi connectivity index (χ1) is 12.6. The molecule has 128 valence electrons. The molecule has 3 rings (SSSR count). The van der Waals surface area contributed by atoms with E-state index >= 15 is 0 Å². The second-order valence-corrected chi connectivity index (χ2v) is 5.83. The van der Waals surface area contributed by atoms with E-state index in [9.17, 15) is 15.2 Å². The van der Waals surface area contributed by atoms with Crippen LogP contribution in [0.5, 0.6) is 5.75 Å². The average Bonchev–Trinajstić information content (AvgIpc) is 3.10. The first-order valence-electron chi connectivity index (χ1n) is 7.73. The van der Waals surface area contributed by atoms with Crippen LogP contribution in [0.3, 0.4) is 0 Å². The molecule has 0 saturated carbocycles. The number of carbonyl (C=O) groups excluding carboxylic acids is 1. The Bertz CT molecular complexity index is 1010. The number of anilines is 1. The van der Waals surface area contributed by atoms with Crippen molar-refractivity contribution in [1.29, 1.82) is 5.26 Å². The van der Waals surface area contributed by atoms with Crippen LogP contribution in [0.4, 0.5) is 5.69 Å². The lowest BCUT2D eigenvalue weighted by Crippen LogP contribution is -2.14. The fourth-order valence-corrected chi connectivity index (χ4v) is 2.59. The molecule has 0 spiro atoms. The third kappa shape index (κ3) is 3.77. The van der Waals surface area contributed by atoms with E-state index < -0.39 is 5.91 Å². The van der Waals surface area contributed by atoms with Crippen molar-refractivity contribution >= 4 is 29.3 Å². The summed E-state index contributed by atoms with van der Waals surface area (Å²) in [5.74, 6) is -0.381. The second kappa shape index (κ2) is 7.60. The molecule has 0 aliphatic heterocycles. The number of hydrogen-bond acceptors (Lipinski definition) is 3. The Morgan fingerprint density at radius 1 is 1.12 bits per heavy atom. The van der Waals surface area contributed by atoms with Crippen LogP contribution in [0.25, 0.3) is 11.8 Å². The molecular weight excluding hydrogens is 350 g/mol. The number of aromatic nitrogens is 1. The first kappa shape index (κ1) is 17.3. The Labute approximate surface area is 155 Å². The molecule has 0 bridgehead atoms. The maximum atomic E-state index is 12.4. The zero-order valence-corrected chi connectivity index (χ0v) is 14.3. The third-order valence-corrected chi connectivity index (χ3v) is 4.02. The summed E-state index contributed by atoms with van der Waals surface area (Å²) in [5, 5.41) is 21.8. The standard InChI is InChI=1S/C20H14ClN3O2/c21-18-5-1-2-6-19(18)23-20(26)14(13-22)12-16-4-3-11-24(16)15-7-9-17(25)10-8-15/h1-12,25H,(H,23,26). The summed E-state index contributed by atoms with van der Waals surface area (Å²) in [6.07, 6.45) is 3.30. The minimum atomic E-state index is -0.543. The van der Waals surface area contributed by atoms with Crippen LogP contribution < -0.4 is 5.32 Å². The lowest BCUT2D eigenvalue weighted by Gasteiger charge is -2.08. The molecule has 2 N–H and O–H groups in total. The molecule has 0 aliphatic rings. The molecule has 1 aromatic heterocycles. The molecule has 5 nitrogen and oxygen atoms in total. The molecule has 2 aromatic carbocycles. The highest BCUT2D eigenvalue weighted by atomic mass is 35.5. The summed E-state index contributed by atoms with van der Waals surface area (Å²) < 4.78 is 1.81. The quantitative estimate of drug-likeness (QED) is 0.533. The van der Waals surface area contributed by atoms with Crippen molar-refractivity contribution in [3.63, 3.8) is 0 Å². The number of aromatic hydroxyl groups is 1. The summed E-state index contributed by atoms with van der Waals surface area (Å²) in [6.45, 7) is 0. The highest BCUT2D eigenvalue weighted by Crippen LogP contribution is 2.22. The van der Waals surface area contributed by atoms with E-state index in [1.54, 1.807) is 71.4 Å². The summed E-state index contributed by atoms with van der Waals surface area (Å²) in [7, 11) is 0. The van der Waals surface area contributed by atoms with E-state index in [0.29, 0.717) is 16.4 Å². The predicted molar refractivity (Wildman–Crippen MR) is 101 cm³/mol. The van der Waals surface area contributed by atoms with Crippen LogP contribution in [0.15, 0.2) is 72.4 Å². The van der Waals surface area contributed by atoms with Crippen molar-refractivity contribution in [1.82, 2.24) is 4.57 Å². The van der Waals surface area contributed by atoms with Gasteiger partial charge in [-0.15, -0.1) is 0 Å². The van der Waals surface area contributed by atoms with Crippen LogP contribution in [0.2, 0.25) is 5.02 Å². The molecule has 0 aliphatic carbocycles. The number of phenolic OH excluding ortho intramolecular Hbond substituents is 1. The van der Waals surface area contributed by atoms with Gasteiger partial charge < -0.3 is 15.0 Å². The third-order valence-electron chi connectivity index (χ3n) is 3.69. The van der Waals surface area contributed by atoms with E-state index in [1.807, 2.05) is 6.07 Å². The Morgan fingerprint density at radius 2 is 1.85 bits per heavy atom. The van der Waals surface area contributed by atoms with Crippen LogP contribution in [0, 0.1) is 11.3 Å². The zero-order chi connectivity index (χ0) is 18.5. The number of nitrogens with zero attached hydrogens (tertiary/aromatic N) is 2. The summed E-state index contributed by atoms with van der Waals surface area (Å²) >= 11 is 6.04. The molecule has 0 atom stereocenters. The number of rotatable bonds is 4. The lowest BCUT2D eigenvalue weighted by atomic mass is 10.2. The molecule has 26 heavy (non-hydrogen) atoms. The molecule has 6 heteroatoms. The topological polar surface area (TPSA) is 78.1 Å². The van der Waals surface area contributed by atoms with Crippen LogP contribution in [-0.4, -0.2) is 15.6 Å². The van der Waals surface area contributed by atoms with Gasteiger partial charge in [-0.3, -0.25) is 4.79 Å². The summed E-state index contributed by atoms with van der Waals surface area (Å²) in [6, 6.07) is 18.9. The highest BCUT2D eigenvalue weighted by Gasteiger charge is 2.12. The van der Waals surface area contributed by atoms with Gasteiger partial charge in [-0.1, -0.05) is 23.7 Å². The molecule has 0 fully saturated rings. The zero-order valence-electron chi connectivity index (χ0n) is 13.6. The van der Waals surface area contributed by atoms with Gasteiger partial charge in [0, 0.05) is 17.6 Å². The molecule has 3 aromatic rings. The van der Waals surface area contributed by atoms with Gasteiger partial charge in [0.25, 0.3) is 5.91 Å². The Kier molecular flexibility index (Phi) is 5.07. The molecule has 0 radical (unpaired) electrons. The van der Waals surface area contributed by atoms with Crippen molar-refractivity contribution in [2.45, 2.75) is 0 Å². The Morgan fingerprint density at radius 3 is 2.54 bits per heavy atom. The molecule has 1 amide bonds. The van der Waals surface area contributed by atoms with Crippen molar-refractivity contribution in [3.8, 4) is 17.5 Å². The lowest BCUT2D eigenvalue weighted by molar-refractivity contribution is -0.112. The van der Waals surface area contributed by atoms with Gasteiger partial charge in [0.1, 0.15) is 17.4 Å². The monoisotopic (exact) mass is 363 g/mol. The van der Waals surface area contributed by atoms with Crippen molar-refractivity contribution in [3.05, 3.63) is 83.2 Å². The maximum Gasteiger partial charge on any atom is 0.266 e. The number of amides is 1. The van der Waals surface area contributed by atoms with Crippen molar-refractivity contribution < 1.29 is 9.90 Å². The minimum Gasteiger partial charge on any atom is -0.508 e. The fraction of sp³-hybridized carbons (Fsp3) is 0. The summed E-state index contributed by atoms with van der Waals surface area (Å²) in [5.41, 5.74) is 1.84. The Balaban J connectivity index is 1.90. The number of carbonyl (C=O) groups is 1. The van der Waals surface area contributed by atoms with Crippen LogP contribution >= 0.6 is 11.6 Å². The van der Waals surface area contributed by atoms with Crippen LogP contribution in [0.1, 0.15) is 5.69 Å². The maximum absolute atomic E-state index is 12.4. The average molecular weight is 364 g/mol. The number of halogens is 1. The number of nitriles is 1. The predicted octanol–water partition coefficient (Wildman–Crippen LogP) is 4.38. The van der Waals surface area contributed by atoms with E-state index in [2.05, 4.69) is 5.32 Å². The smallest absolute Gasteiger partial charge is 0.266 e. The highest BCUT2D eigenvalue weighted by molar-refractivity contribution is 6.34. The van der Waals surface area contributed by atoms with Gasteiger partial charge in [-0.05, 0) is 54.6 Å². The van der Waals surface area contributed by atoms with Gasteiger partial charge in [0.15, 0.2) is 0 Å². The van der Waals surface area contributed by atoms with Crippen molar-refractivity contribution in [2.24, 2.45) is 0 Å². The molecule has 0 saturated heterocycles. The van der Waals surface area contributed by atoms with Gasteiger partial charge in [-0.2, -0.15) is 5.26 Å². The van der Waals surface area contributed by atoms with Gasteiger partial charge >= 0.3 is 0 Å². The van der Waals surface area contributed by atoms with E-state index in [-0.39, 0.29) is 11.3 Å². The van der Waals surface area contributed by atoms with E-state index in [0.717, 1.165) is 5.69 Å². The largest absolute Gasteiger partial charge is 0.508 e. The first-order valence-corrected chi connectivity index (χ1v) is 8.11. The molecular formula is C20H14ClN3O2. The van der Waals surface area contributed by atoms with Gasteiger partial charge in [-0.25, -0.2) is 0 Å². The number of para-hydroxylation sites is 1. The number of phenols is 1. The Hall–Kier alpha value is -3.49. The fourth-order valence-electron chi connectivity index (χ4n) is 2.41. The van der Waals surface area contributed by atoms with Gasteiger partial charge in [0.05, 0.1) is 10.7 Å². The number of nitrogens with one attached hydrogen (secondary N) is 1. The number of hydrogen-bond donors (Lipinski definition) is 2. The van der Waals surface area contributed by atoms with E-state index in [4.69, 9.17) is 11.6 Å². The van der Waals surface area contributed by atoms with Crippen molar-refractivity contribution in [2.75, 3.05) is 5.32 Å². The summed E-state index contributed by atoms with van der Waals surface area (Å²) in [4.78, 5) is 12.4. The van der Waals surface area contributed by atoms with Crippen LogP contribution in [-0.2, 0) is 4.79 Å². The normalized spacial score (nSPS) is 11.0. The number of benzene rings is 2. The minimum absolute atomic E-state index is 0.0522. The molecule has 1 heterocycles. The second-order valence-electron chi connectivity index (χ2n) is 5.42. The van der Waals surface area contributed by atoms with Gasteiger partial charge in [0.2, 0.25) is 0 Å². The van der Waals surface area contributed by atoms with E-state index in [1.165, 1.54) is 6.08 Å².